The lowest BCUT2D eigenvalue weighted by Crippen LogP contribution is -2.08. The monoisotopic (exact) mass is 144 g/mol. The Labute approximate surface area is 60.3 Å². The standard InChI is InChI=1S/C7H12O3/c1-3-10-6-4-5(6)7(8)9-2/h5-6H,3-4H2,1-2H3/t5-,6-/m0/s1. The Balaban J connectivity index is 2.18. The van der Waals surface area contributed by atoms with Crippen molar-refractivity contribution in [3.8, 4) is 0 Å². The van der Waals surface area contributed by atoms with Gasteiger partial charge in [-0.3, -0.25) is 4.79 Å². The van der Waals surface area contributed by atoms with Gasteiger partial charge in [0.05, 0.1) is 19.1 Å². The molecule has 3 nitrogen and oxygen atoms in total. The summed E-state index contributed by atoms with van der Waals surface area (Å²) in [4.78, 5) is 10.8. The molecule has 1 saturated carbocycles. The lowest BCUT2D eigenvalue weighted by atomic mass is 10.4. The molecule has 0 unspecified atom stereocenters. The van der Waals surface area contributed by atoms with Gasteiger partial charge in [0, 0.05) is 6.61 Å². The molecule has 10 heavy (non-hydrogen) atoms. The van der Waals surface area contributed by atoms with Crippen LogP contribution in [0.1, 0.15) is 13.3 Å². The van der Waals surface area contributed by atoms with Crippen molar-refractivity contribution in [3.63, 3.8) is 0 Å². The van der Waals surface area contributed by atoms with Gasteiger partial charge in [-0.1, -0.05) is 0 Å². The minimum atomic E-state index is -0.140. The van der Waals surface area contributed by atoms with Crippen LogP contribution in [0.15, 0.2) is 0 Å². The summed E-state index contributed by atoms with van der Waals surface area (Å²) in [7, 11) is 1.41. The van der Waals surface area contributed by atoms with Gasteiger partial charge >= 0.3 is 5.97 Å². The first-order valence-electron chi connectivity index (χ1n) is 3.49. The van der Waals surface area contributed by atoms with Gasteiger partial charge in [0.25, 0.3) is 0 Å². The first-order chi connectivity index (χ1) is 4.79. The van der Waals surface area contributed by atoms with E-state index in [0.29, 0.717) is 6.61 Å². The van der Waals surface area contributed by atoms with Gasteiger partial charge in [-0.15, -0.1) is 0 Å². The Bertz CT molecular complexity index is 133. The van der Waals surface area contributed by atoms with Gasteiger partial charge in [-0.05, 0) is 13.3 Å². The van der Waals surface area contributed by atoms with E-state index in [1.54, 1.807) is 0 Å². The summed E-state index contributed by atoms with van der Waals surface area (Å²) < 4.78 is 9.72. The first-order valence-corrected chi connectivity index (χ1v) is 3.49. The first kappa shape index (κ1) is 7.54. The highest BCUT2D eigenvalue weighted by atomic mass is 16.5. The Morgan fingerprint density at radius 3 is 2.90 bits per heavy atom. The highest BCUT2D eigenvalue weighted by Gasteiger charge is 2.44. The number of hydrogen-bond acceptors (Lipinski definition) is 3. The highest BCUT2D eigenvalue weighted by molar-refractivity contribution is 5.76. The van der Waals surface area contributed by atoms with Gasteiger partial charge < -0.3 is 9.47 Å². The Morgan fingerprint density at radius 1 is 1.70 bits per heavy atom. The van der Waals surface area contributed by atoms with E-state index in [1.807, 2.05) is 6.92 Å². The predicted molar refractivity (Wildman–Crippen MR) is 35.5 cm³/mol. The van der Waals surface area contributed by atoms with E-state index in [4.69, 9.17) is 4.74 Å². The number of carbonyl (C=O) groups excluding carboxylic acids is 1. The lowest BCUT2D eigenvalue weighted by molar-refractivity contribution is -0.143. The number of methoxy groups -OCH3 is 1. The molecule has 1 rings (SSSR count). The van der Waals surface area contributed by atoms with Crippen LogP contribution in [0, 0.1) is 5.92 Å². The zero-order valence-electron chi connectivity index (χ0n) is 6.29. The fraction of sp³-hybridized carbons (Fsp3) is 0.857. The average Bonchev–Trinajstić information content (AvgIpc) is 2.67. The maximum Gasteiger partial charge on any atom is 0.311 e. The molecule has 0 N–H and O–H groups in total. The molecule has 0 spiro atoms. The van der Waals surface area contributed by atoms with Crippen LogP contribution in [0.3, 0.4) is 0 Å². The third-order valence-corrected chi connectivity index (χ3v) is 1.62. The molecule has 3 heteroatoms. The van der Waals surface area contributed by atoms with Crippen LogP contribution >= 0.6 is 0 Å². The van der Waals surface area contributed by atoms with Crippen LogP contribution in [0.5, 0.6) is 0 Å². The van der Waals surface area contributed by atoms with E-state index in [2.05, 4.69) is 4.74 Å². The summed E-state index contributed by atoms with van der Waals surface area (Å²) in [6.45, 7) is 2.60. The summed E-state index contributed by atoms with van der Waals surface area (Å²) in [5.74, 6) is -0.122. The molecule has 0 aromatic carbocycles. The highest BCUT2D eigenvalue weighted by Crippen LogP contribution is 2.34. The Kier molecular flexibility index (Phi) is 2.27. The van der Waals surface area contributed by atoms with Crippen LogP contribution in [0.2, 0.25) is 0 Å². The maximum atomic E-state index is 10.8. The van der Waals surface area contributed by atoms with E-state index in [0.717, 1.165) is 6.42 Å². The number of hydrogen-bond donors (Lipinski definition) is 0. The molecular weight excluding hydrogens is 132 g/mol. The quantitative estimate of drug-likeness (QED) is 0.544. The molecule has 0 aromatic heterocycles. The summed E-state index contributed by atoms with van der Waals surface area (Å²) in [5, 5.41) is 0. The van der Waals surface area contributed by atoms with Crippen molar-refractivity contribution < 1.29 is 14.3 Å². The number of rotatable bonds is 3. The van der Waals surface area contributed by atoms with Crippen molar-refractivity contribution in [2.45, 2.75) is 19.4 Å². The van der Waals surface area contributed by atoms with E-state index >= 15 is 0 Å². The molecule has 0 heterocycles. The fourth-order valence-electron chi connectivity index (χ4n) is 0.969. The molecule has 0 radical (unpaired) electrons. The van der Waals surface area contributed by atoms with Crippen molar-refractivity contribution in [2.24, 2.45) is 5.92 Å². The molecule has 1 aliphatic rings. The Hall–Kier alpha value is -0.570. The molecule has 0 aliphatic heterocycles. The molecule has 0 amide bonds. The molecule has 1 aliphatic carbocycles. The van der Waals surface area contributed by atoms with Crippen LogP contribution in [0.25, 0.3) is 0 Å². The third kappa shape index (κ3) is 1.48. The van der Waals surface area contributed by atoms with Crippen LogP contribution < -0.4 is 0 Å². The lowest BCUT2D eigenvalue weighted by Gasteiger charge is -1.97. The van der Waals surface area contributed by atoms with E-state index in [-0.39, 0.29) is 18.0 Å². The number of carbonyl (C=O) groups is 1. The smallest absolute Gasteiger partial charge is 0.311 e. The average molecular weight is 144 g/mol. The summed E-state index contributed by atoms with van der Waals surface area (Å²) in [6.07, 6.45) is 0.970. The van der Waals surface area contributed by atoms with Crippen LogP contribution in [-0.4, -0.2) is 25.8 Å². The molecule has 58 valence electrons. The number of ether oxygens (including phenoxy) is 2. The normalized spacial score (nSPS) is 29.8. The van der Waals surface area contributed by atoms with E-state index in [9.17, 15) is 4.79 Å². The van der Waals surface area contributed by atoms with E-state index in [1.165, 1.54) is 7.11 Å². The predicted octanol–water partition coefficient (Wildman–Crippen LogP) is 0.584. The third-order valence-electron chi connectivity index (χ3n) is 1.62. The van der Waals surface area contributed by atoms with E-state index < -0.39 is 0 Å². The largest absolute Gasteiger partial charge is 0.469 e. The van der Waals surface area contributed by atoms with Gasteiger partial charge in [0.15, 0.2) is 0 Å². The second-order valence-electron chi connectivity index (χ2n) is 2.36. The van der Waals surface area contributed by atoms with Gasteiger partial charge in [-0.2, -0.15) is 0 Å². The van der Waals surface area contributed by atoms with Crippen molar-refractivity contribution in [3.05, 3.63) is 0 Å². The second kappa shape index (κ2) is 3.01. The molecule has 0 saturated heterocycles. The number of esters is 1. The molecule has 0 aromatic rings. The second-order valence-corrected chi connectivity index (χ2v) is 2.36. The summed E-state index contributed by atoms with van der Waals surface area (Å²) >= 11 is 0. The van der Waals surface area contributed by atoms with Crippen molar-refractivity contribution >= 4 is 5.97 Å². The van der Waals surface area contributed by atoms with Crippen LogP contribution in [-0.2, 0) is 14.3 Å². The van der Waals surface area contributed by atoms with Crippen LogP contribution in [0.4, 0.5) is 0 Å². The fourth-order valence-corrected chi connectivity index (χ4v) is 0.969. The Morgan fingerprint density at radius 2 is 2.40 bits per heavy atom. The van der Waals surface area contributed by atoms with Gasteiger partial charge in [0.2, 0.25) is 0 Å². The molecule has 2 atom stereocenters. The van der Waals surface area contributed by atoms with Gasteiger partial charge in [-0.25, -0.2) is 0 Å². The van der Waals surface area contributed by atoms with Gasteiger partial charge in [0.1, 0.15) is 0 Å². The zero-order valence-corrected chi connectivity index (χ0v) is 6.29. The molecule has 1 fully saturated rings. The zero-order chi connectivity index (χ0) is 7.56. The topological polar surface area (TPSA) is 35.5 Å². The van der Waals surface area contributed by atoms with Crippen molar-refractivity contribution in [1.82, 2.24) is 0 Å². The maximum absolute atomic E-state index is 10.8. The summed E-state index contributed by atoms with van der Waals surface area (Å²) in [6, 6.07) is 0. The molecular formula is C7H12O3. The summed E-state index contributed by atoms with van der Waals surface area (Å²) in [5.41, 5.74) is 0. The van der Waals surface area contributed by atoms with Crippen molar-refractivity contribution in [1.29, 1.82) is 0 Å². The van der Waals surface area contributed by atoms with Crippen molar-refractivity contribution in [2.75, 3.05) is 13.7 Å². The minimum Gasteiger partial charge on any atom is -0.469 e. The molecule has 0 bridgehead atoms. The SMILES string of the molecule is CCO[C@H]1C[C@@H]1C(=O)OC. The minimum absolute atomic E-state index is 0.0185.